The Bertz CT molecular complexity index is 311. The van der Waals surface area contributed by atoms with E-state index in [0.717, 1.165) is 25.9 Å². The van der Waals surface area contributed by atoms with Crippen LogP contribution in [0, 0.1) is 5.92 Å². The van der Waals surface area contributed by atoms with Crippen molar-refractivity contribution in [1.82, 2.24) is 15.1 Å². The van der Waals surface area contributed by atoms with E-state index < -0.39 is 0 Å². The highest BCUT2D eigenvalue weighted by Crippen LogP contribution is 2.26. The molecule has 0 bridgehead atoms. The molecule has 0 saturated carbocycles. The molecule has 110 valence electrons. The monoisotopic (exact) mass is 267 g/mol. The number of carbonyl (C=O) groups excluding carboxylic acids is 1. The number of nitrogens with one attached hydrogen (secondary N) is 1. The number of piperidine rings is 1. The third-order valence-electron chi connectivity index (χ3n) is 4.47. The Labute approximate surface area is 117 Å². The Balaban J connectivity index is 1.98. The normalized spacial score (nSPS) is 30.6. The molecular weight excluding hydrogens is 238 g/mol. The van der Waals surface area contributed by atoms with Gasteiger partial charge in [-0.25, -0.2) is 0 Å². The average molecular weight is 267 g/mol. The fourth-order valence-corrected chi connectivity index (χ4v) is 3.43. The number of hydrogen-bond acceptors (Lipinski definition) is 3. The van der Waals surface area contributed by atoms with Crippen molar-refractivity contribution in [2.24, 2.45) is 5.92 Å². The molecule has 2 fully saturated rings. The Morgan fingerprint density at radius 3 is 2.47 bits per heavy atom. The van der Waals surface area contributed by atoms with Crippen LogP contribution in [0.3, 0.4) is 0 Å². The highest BCUT2D eigenvalue weighted by molar-refractivity contribution is 5.84. The fraction of sp³-hybridized carbons (Fsp3) is 0.933. The summed E-state index contributed by atoms with van der Waals surface area (Å²) in [5.74, 6) is 0.773. The minimum atomic E-state index is -0.0129. The quantitative estimate of drug-likeness (QED) is 0.841. The van der Waals surface area contributed by atoms with Crippen LogP contribution in [0.1, 0.15) is 47.0 Å². The van der Waals surface area contributed by atoms with E-state index in [1.165, 1.54) is 13.0 Å². The Hall–Kier alpha value is -0.610. The van der Waals surface area contributed by atoms with Crippen molar-refractivity contribution in [2.45, 2.75) is 65.2 Å². The molecular formula is C15H29N3O. The van der Waals surface area contributed by atoms with Gasteiger partial charge in [0.25, 0.3) is 0 Å². The molecule has 0 aromatic rings. The van der Waals surface area contributed by atoms with Gasteiger partial charge in [0.05, 0.1) is 12.2 Å². The standard InChI is InChI=1S/C15H29N3O/c1-5-8-17-9-6-13(7-10-17)18-14(11(2)3)16-12(4)15(18)19/h11-14,16H,5-10H2,1-4H3. The zero-order chi connectivity index (χ0) is 14.0. The first-order valence-electron chi connectivity index (χ1n) is 7.85. The van der Waals surface area contributed by atoms with E-state index in [1.54, 1.807) is 0 Å². The lowest BCUT2D eigenvalue weighted by Crippen LogP contribution is -2.51. The van der Waals surface area contributed by atoms with E-state index in [2.05, 4.69) is 35.9 Å². The molecule has 2 saturated heterocycles. The van der Waals surface area contributed by atoms with Gasteiger partial charge in [0.1, 0.15) is 0 Å². The molecule has 2 heterocycles. The highest BCUT2D eigenvalue weighted by Gasteiger charge is 2.42. The summed E-state index contributed by atoms with van der Waals surface area (Å²) in [7, 11) is 0. The van der Waals surface area contributed by atoms with Gasteiger partial charge in [0.15, 0.2) is 0 Å². The van der Waals surface area contributed by atoms with Crippen LogP contribution in [0.25, 0.3) is 0 Å². The van der Waals surface area contributed by atoms with E-state index in [1.807, 2.05) is 6.92 Å². The zero-order valence-corrected chi connectivity index (χ0v) is 12.9. The van der Waals surface area contributed by atoms with Gasteiger partial charge in [-0.05, 0) is 38.6 Å². The maximum absolute atomic E-state index is 12.4. The molecule has 0 aromatic carbocycles. The third kappa shape index (κ3) is 3.11. The summed E-state index contributed by atoms with van der Waals surface area (Å²) in [5, 5.41) is 3.45. The van der Waals surface area contributed by atoms with Crippen LogP contribution in [-0.4, -0.2) is 53.6 Å². The van der Waals surface area contributed by atoms with Crippen molar-refractivity contribution in [3.63, 3.8) is 0 Å². The first kappa shape index (κ1) is 14.8. The summed E-state index contributed by atoms with van der Waals surface area (Å²) < 4.78 is 0. The molecule has 4 nitrogen and oxygen atoms in total. The summed E-state index contributed by atoms with van der Waals surface area (Å²) in [6, 6.07) is 0.423. The van der Waals surface area contributed by atoms with Gasteiger partial charge in [-0.3, -0.25) is 10.1 Å². The van der Waals surface area contributed by atoms with Gasteiger partial charge in [0.2, 0.25) is 5.91 Å². The molecule has 2 atom stereocenters. The van der Waals surface area contributed by atoms with Crippen molar-refractivity contribution in [1.29, 1.82) is 0 Å². The van der Waals surface area contributed by atoms with E-state index in [9.17, 15) is 4.79 Å². The van der Waals surface area contributed by atoms with Crippen molar-refractivity contribution in [3.05, 3.63) is 0 Å². The van der Waals surface area contributed by atoms with Crippen LogP contribution in [0.15, 0.2) is 0 Å². The van der Waals surface area contributed by atoms with Crippen LogP contribution in [0.2, 0.25) is 0 Å². The molecule has 1 N–H and O–H groups in total. The van der Waals surface area contributed by atoms with E-state index in [4.69, 9.17) is 0 Å². The molecule has 1 amide bonds. The Morgan fingerprint density at radius 2 is 1.95 bits per heavy atom. The predicted octanol–water partition coefficient (Wildman–Crippen LogP) is 1.66. The zero-order valence-electron chi connectivity index (χ0n) is 12.9. The van der Waals surface area contributed by atoms with E-state index >= 15 is 0 Å². The molecule has 2 aliphatic heterocycles. The lowest BCUT2D eigenvalue weighted by Gasteiger charge is -2.40. The maximum Gasteiger partial charge on any atom is 0.240 e. The van der Waals surface area contributed by atoms with Gasteiger partial charge in [-0.1, -0.05) is 20.8 Å². The Morgan fingerprint density at radius 1 is 1.32 bits per heavy atom. The largest absolute Gasteiger partial charge is 0.322 e. The van der Waals surface area contributed by atoms with E-state index in [0.29, 0.717) is 17.9 Å². The minimum absolute atomic E-state index is 0.0129. The molecule has 2 unspecified atom stereocenters. The highest BCUT2D eigenvalue weighted by atomic mass is 16.2. The van der Waals surface area contributed by atoms with Crippen molar-refractivity contribution in [3.8, 4) is 0 Å². The molecule has 19 heavy (non-hydrogen) atoms. The third-order valence-corrected chi connectivity index (χ3v) is 4.47. The summed E-state index contributed by atoms with van der Waals surface area (Å²) in [6.07, 6.45) is 3.71. The molecule has 4 heteroatoms. The summed E-state index contributed by atoms with van der Waals surface area (Å²) in [6.45, 7) is 12.1. The minimum Gasteiger partial charge on any atom is -0.322 e. The van der Waals surface area contributed by atoms with Crippen molar-refractivity contribution in [2.75, 3.05) is 19.6 Å². The lowest BCUT2D eigenvalue weighted by atomic mass is 10.0. The molecule has 0 aliphatic carbocycles. The molecule has 2 rings (SSSR count). The van der Waals surface area contributed by atoms with Gasteiger partial charge >= 0.3 is 0 Å². The molecule has 0 aromatic heterocycles. The van der Waals surface area contributed by atoms with Crippen molar-refractivity contribution >= 4 is 5.91 Å². The Kier molecular flexibility index (Phi) is 4.85. The molecule has 2 aliphatic rings. The SMILES string of the molecule is CCCN1CCC(N2C(=O)C(C)NC2C(C)C)CC1. The predicted molar refractivity (Wildman–Crippen MR) is 77.8 cm³/mol. The second-order valence-electron chi connectivity index (χ2n) is 6.40. The topological polar surface area (TPSA) is 35.6 Å². The number of likely N-dealkylation sites (tertiary alicyclic amines) is 1. The number of rotatable bonds is 4. The second-order valence-corrected chi connectivity index (χ2v) is 6.40. The molecule has 0 spiro atoms. The van der Waals surface area contributed by atoms with Crippen LogP contribution < -0.4 is 5.32 Å². The molecule has 0 radical (unpaired) electrons. The van der Waals surface area contributed by atoms with Crippen molar-refractivity contribution < 1.29 is 4.79 Å². The first-order chi connectivity index (χ1) is 9.04. The maximum atomic E-state index is 12.4. The smallest absolute Gasteiger partial charge is 0.240 e. The number of nitrogens with zero attached hydrogens (tertiary/aromatic N) is 2. The summed E-state index contributed by atoms with van der Waals surface area (Å²) in [4.78, 5) is 17.1. The van der Waals surface area contributed by atoms with Gasteiger partial charge in [0, 0.05) is 19.1 Å². The van der Waals surface area contributed by atoms with Crippen LogP contribution in [0.5, 0.6) is 0 Å². The number of amides is 1. The van der Waals surface area contributed by atoms with Gasteiger partial charge in [-0.15, -0.1) is 0 Å². The lowest BCUT2D eigenvalue weighted by molar-refractivity contribution is -0.133. The number of hydrogen-bond donors (Lipinski definition) is 1. The average Bonchev–Trinajstić information content (AvgIpc) is 2.68. The summed E-state index contributed by atoms with van der Waals surface area (Å²) >= 11 is 0. The summed E-state index contributed by atoms with van der Waals surface area (Å²) in [5.41, 5.74) is 0. The number of carbonyl (C=O) groups is 1. The van der Waals surface area contributed by atoms with Crippen LogP contribution >= 0.6 is 0 Å². The van der Waals surface area contributed by atoms with Crippen LogP contribution in [-0.2, 0) is 4.79 Å². The fourth-order valence-electron chi connectivity index (χ4n) is 3.43. The van der Waals surface area contributed by atoms with Gasteiger partial charge in [-0.2, -0.15) is 0 Å². The second kappa shape index (κ2) is 6.23. The van der Waals surface area contributed by atoms with Gasteiger partial charge < -0.3 is 9.80 Å². The van der Waals surface area contributed by atoms with E-state index in [-0.39, 0.29) is 12.2 Å². The first-order valence-corrected chi connectivity index (χ1v) is 7.85. The van der Waals surface area contributed by atoms with Crippen LogP contribution in [0.4, 0.5) is 0 Å².